The summed E-state index contributed by atoms with van der Waals surface area (Å²) < 4.78 is 15.7. The van der Waals surface area contributed by atoms with Crippen LogP contribution in [0, 0.1) is 0 Å². The molecule has 1 heterocycles. The number of rotatable bonds is 4. The average Bonchev–Trinajstić information content (AvgIpc) is 2.26. The Balaban J connectivity index is 3.28. The van der Waals surface area contributed by atoms with Gasteiger partial charge in [-0.25, -0.2) is 0 Å². The number of nitrogens with two attached hydrogens (primary N) is 1. The van der Waals surface area contributed by atoms with Crippen molar-refractivity contribution in [1.82, 2.24) is 0 Å². The summed E-state index contributed by atoms with van der Waals surface area (Å²) >= 11 is 0. The van der Waals surface area contributed by atoms with Crippen LogP contribution in [-0.4, -0.2) is 29.7 Å². The van der Waals surface area contributed by atoms with Crippen molar-refractivity contribution < 1.29 is 14.2 Å². The maximum Gasteiger partial charge on any atom is 0.197 e. The Hall–Kier alpha value is -1.07. The van der Waals surface area contributed by atoms with Crippen LogP contribution in [0.1, 0.15) is 0 Å². The quantitative estimate of drug-likeness (QED) is 0.746. The summed E-state index contributed by atoms with van der Waals surface area (Å²) in [6.45, 7) is 0. The number of hydrogen-bond acceptors (Lipinski definition) is 4. The van der Waals surface area contributed by atoms with Crippen molar-refractivity contribution in [2.75, 3.05) is 21.3 Å². The van der Waals surface area contributed by atoms with Gasteiger partial charge in [-0.15, -0.1) is 0 Å². The molecule has 0 aromatic carbocycles. The van der Waals surface area contributed by atoms with Crippen LogP contribution in [0.2, 0.25) is 0 Å². The first kappa shape index (κ1) is 11.0. The maximum atomic E-state index is 5.65. The highest BCUT2D eigenvalue weighted by Gasteiger charge is 2.14. The van der Waals surface area contributed by atoms with Gasteiger partial charge < -0.3 is 19.9 Å². The van der Waals surface area contributed by atoms with Crippen LogP contribution in [0.15, 0.2) is 11.7 Å². The Labute approximate surface area is 85.1 Å². The molecule has 0 atom stereocenters. The average molecular weight is 213 g/mol. The molecule has 0 aliphatic heterocycles. The van der Waals surface area contributed by atoms with E-state index in [0.29, 0.717) is 17.7 Å². The monoisotopic (exact) mass is 213 g/mol. The smallest absolute Gasteiger partial charge is 0.197 e. The van der Waals surface area contributed by atoms with Gasteiger partial charge in [0.1, 0.15) is 13.8 Å². The summed E-state index contributed by atoms with van der Waals surface area (Å²) in [5.74, 6) is 1.35. The van der Waals surface area contributed by atoms with Crippen LogP contribution in [-0.2, 0) is 6.17 Å². The Morgan fingerprint density at radius 3 is 2.36 bits per heavy atom. The predicted octanol–water partition coefficient (Wildman–Crippen LogP) is 0.654. The zero-order chi connectivity index (χ0) is 10.6. The third kappa shape index (κ3) is 1.88. The molecule has 0 aliphatic carbocycles. The molecule has 0 saturated heterocycles. The molecular weight excluding hydrogens is 198 g/mol. The molecule has 0 spiro atoms. The molecule has 1 aromatic rings. The Kier molecular flexibility index (Phi) is 3.91. The summed E-state index contributed by atoms with van der Waals surface area (Å²) in [6, 6.07) is 1.89. The van der Waals surface area contributed by atoms with Gasteiger partial charge in [-0.2, -0.15) is 0 Å². The van der Waals surface area contributed by atoms with Crippen LogP contribution in [0.5, 0.6) is 16.9 Å². The van der Waals surface area contributed by atoms with Gasteiger partial charge in [0.15, 0.2) is 11.5 Å². The van der Waals surface area contributed by atoms with E-state index in [4.69, 9.17) is 19.9 Å². The highest BCUT2D eigenvalue weighted by atomic mass is 28.2. The SMILES string of the molecule is COc1cc[si](CN)c(OC)c1OC. The van der Waals surface area contributed by atoms with Gasteiger partial charge in [-0.1, -0.05) is 5.68 Å². The van der Waals surface area contributed by atoms with E-state index in [2.05, 4.69) is 0 Å². The minimum atomic E-state index is -0.951. The lowest BCUT2D eigenvalue weighted by molar-refractivity contribution is 0.328. The van der Waals surface area contributed by atoms with Crippen molar-refractivity contribution >= 4 is 8.40 Å². The number of ether oxygens (including phenoxy) is 3. The van der Waals surface area contributed by atoms with Gasteiger partial charge in [0.05, 0.1) is 21.3 Å². The van der Waals surface area contributed by atoms with E-state index in [1.165, 1.54) is 0 Å². The summed E-state index contributed by atoms with van der Waals surface area (Å²) in [5.41, 5.74) is 7.69. The first-order chi connectivity index (χ1) is 6.78. The molecule has 0 saturated carbocycles. The second-order valence-corrected chi connectivity index (χ2v) is 4.94. The van der Waals surface area contributed by atoms with E-state index in [-0.39, 0.29) is 0 Å². The van der Waals surface area contributed by atoms with E-state index >= 15 is 0 Å². The summed E-state index contributed by atoms with van der Waals surface area (Å²) in [4.78, 5) is 0. The highest BCUT2D eigenvalue weighted by molar-refractivity contribution is 6.55. The van der Waals surface area contributed by atoms with E-state index < -0.39 is 8.40 Å². The topological polar surface area (TPSA) is 53.7 Å². The molecule has 1 rings (SSSR count). The molecule has 0 radical (unpaired) electrons. The zero-order valence-corrected chi connectivity index (χ0v) is 9.66. The van der Waals surface area contributed by atoms with Crippen LogP contribution >= 0.6 is 0 Å². The van der Waals surface area contributed by atoms with Gasteiger partial charge in [0.25, 0.3) is 0 Å². The molecule has 14 heavy (non-hydrogen) atoms. The molecule has 4 nitrogen and oxygen atoms in total. The lowest BCUT2D eigenvalue weighted by atomic mass is 10.4. The van der Waals surface area contributed by atoms with Crippen molar-refractivity contribution in [1.29, 1.82) is 0 Å². The van der Waals surface area contributed by atoms with Crippen molar-refractivity contribution in [2.24, 2.45) is 5.73 Å². The van der Waals surface area contributed by atoms with Gasteiger partial charge >= 0.3 is 0 Å². The predicted molar refractivity (Wildman–Crippen MR) is 56.2 cm³/mol. The second kappa shape index (κ2) is 4.97. The van der Waals surface area contributed by atoms with Gasteiger partial charge in [-0.05, 0) is 6.07 Å². The lowest BCUT2D eigenvalue weighted by Gasteiger charge is -2.14. The van der Waals surface area contributed by atoms with E-state index in [1.807, 2.05) is 11.7 Å². The molecule has 0 aliphatic rings. The number of hydrogen-bond donors (Lipinski definition) is 1. The normalized spacial score (nSPS) is 9.71. The first-order valence-corrected chi connectivity index (χ1v) is 6.04. The van der Waals surface area contributed by atoms with Crippen LogP contribution in [0.4, 0.5) is 0 Å². The molecule has 78 valence electrons. The Morgan fingerprint density at radius 2 is 1.93 bits per heavy atom. The molecule has 0 amide bonds. The summed E-state index contributed by atoms with van der Waals surface area (Å²) in [6.07, 6.45) is 0.591. The van der Waals surface area contributed by atoms with Gasteiger partial charge in [0, 0.05) is 6.17 Å². The zero-order valence-electron chi connectivity index (χ0n) is 8.66. The third-order valence-electron chi connectivity index (χ3n) is 2.01. The minimum absolute atomic E-state index is 0.591. The fourth-order valence-corrected chi connectivity index (χ4v) is 2.93. The summed E-state index contributed by atoms with van der Waals surface area (Å²) in [5, 5.41) is 0.819. The van der Waals surface area contributed by atoms with E-state index in [9.17, 15) is 0 Å². The fraction of sp³-hybridized carbons (Fsp3) is 0.444. The molecule has 2 N–H and O–H groups in total. The van der Waals surface area contributed by atoms with Crippen LogP contribution < -0.4 is 19.9 Å². The molecule has 0 fully saturated rings. The molecule has 5 heteroatoms. The Bertz CT molecular complexity index is 286. The molecule has 0 bridgehead atoms. The van der Waals surface area contributed by atoms with E-state index in [1.54, 1.807) is 21.3 Å². The third-order valence-corrected chi connectivity index (χ3v) is 4.03. The van der Waals surface area contributed by atoms with Gasteiger partial charge in [-0.3, -0.25) is 0 Å². The van der Waals surface area contributed by atoms with E-state index in [0.717, 1.165) is 5.36 Å². The van der Waals surface area contributed by atoms with Crippen LogP contribution in [0.25, 0.3) is 0 Å². The highest BCUT2D eigenvalue weighted by Crippen LogP contribution is 2.35. The van der Waals surface area contributed by atoms with Crippen molar-refractivity contribution in [3.63, 3.8) is 0 Å². The second-order valence-electron chi connectivity index (χ2n) is 2.70. The lowest BCUT2D eigenvalue weighted by Crippen LogP contribution is -2.12. The Morgan fingerprint density at radius 1 is 1.21 bits per heavy atom. The molecular formula is C9H15NO3Si. The van der Waals surface area contributed by atoms with Crippen LogP contribution in [0.3, 0.4) is 0 Å². The maximum absolute atomic E-state index is 5.65. The molecule has 1 aromatic heterocycles. The summed E-state index contributed by atoms with van der Waals surface area (Å²) in [7, 11) is 3.88. The first-order valence-electron chi connectivity index (χ1n) is 4.26. The molecule has 0 unspecified atom stereocenters. The number of methoxy groups -OCH3 is 3. The van der Waals surface area contributed by atoms with Crippen molar-refractivity contribution in [2.45, 2.75) is 6.17 Å². The van der Waals surface area contributed by atoms with Crippen molar-refractivity contribution in [3.05, 3.63) is 11.7 Å². The van der Waals surface area contributed by atoms with Gasteiger partial charge in [0.2, 0.25) is 0 Å². The fourth-order valence-electron chi connectivity index (χ4n) is 1.32. The minimum Gasteiger partial charge on any atom is -0.498 e. The largest absolute Gasteiger partial charge is 0.498 e. The van der Waals surface area contributed by atoms with Crippen molar-refractivity contribution in [3.8, 4) is 16.9 Å². The standard InChI is InChI=1S/C9H15NO3Si/c1-11-7-4-5-14(6-10)9(13-3)8(7)12-2/h4-5H,6,10H2,1-3H3.